The molecule has 0 unspecified atom stereocenters. The smallest absolute Gasteiger partial charge is 0.407 e. The number of thiocarbonyl (C=S) groups is 1. The fraction of sp³-hybridized carbons (Fsp3) is 0.600. The van der Waals surface area contributed by atoms with E-state index in [0.717, 1.165) is 25.7 Å². The van der Waals surface area contributed by atoms with Crippen molar-refractivity contribution >= 4 is 23.4 Å². The van der Waals surface area contributed by atoms with Gasteiger partial charge in [-0.2, -0.15) is 0 Å². The maximum Gasteiger partial charge on any atom is 0.407 e. The highest BCUT2D eigenvalue weighted by Crippen LogP contribution is 2.20. The zero-order valence-electron chi connectivity index (χ0n) is 16.2. The van der Waals surface area contributed by atoms with E-state index in [1.807, 2.05) is 39.0 Å². The van der Waals surface area contributed by atoms with Crippen molar-refractivity contribution < 1.29 is 9.53 Å². The van der Waals surface area contributed by atoms with Crippen molar-refractivity contribution in [3.05, 3.63) is 35.9 Å². The molecule has 0 heterocycles. The van der Waals surface area contributed by atoms with E-state index in [2.05, 4.69) is 35.0 Å². The first-order chi connectivity index (χ1) is 12.2. The van der Waals surface area contributed by atoms with Crippen molar-refractivity contribution in [1.29, 1.82) is 0 Å². The molecule has 1 aromatic carbocycles. The lowest BCUT2D eigenvalue weighted by Crippen LogP contribution is -2.55. The van der Waals surface area contributed by atoms with Crippen LogP contribution in [0.2, 0.25) is 0 Å². The van der Waals surface area contributed by atoms with Crippen molar-refractivity contribution in [2.75, 3.05) is 0 Å². The molecule has 1 saturated carbocycles. The van der Waals surface area contributed by atoms with Gasteiger partial charge in [-0.05, 0) is 58.3 Å². The Morgan fingerprint density at radius 1 is 1.12 bits per heavy atom. The summed E-state index contributed by atoms with van der Waals surface area (Å²) < 4.78 is 5.39. The largest absolute Gasteiger partial charge is 0.444 e. The minimum absolute atomic E-state index is 0.0189. The Hall–Kier alpha value is -1.82. The lowest BCUT2D eigenvalue weighted by molar-refractivity contribution is 0.0482. The summed E-state index contributed by atoms with van der Waals surface area (Å²) >= 11 is 5.50. The first-order valence-electron chi connectivity index (χ1n) is 9.36. The molecule has 1 aromatic rings. The number of carbonyl (C=O) groups is 1. The molecular weight excluding hydrogens is 346 g/mol. The molecule has 3 N–H and O–H groups in total. The molecule has 1 aliphatic carbocycles. The number of amides is 1. The summed E-state index contributed by atoms with van der Waals surface area (Å²) in [4.78, 5) is 12.1. The van der Waals surface area contributed by atoms with E-state index < -0.39 is 5.60 Å². The number of benzene rings is 1. The molecule has 0 bridgehead atoms. The maximum atomic E-state index is 12.1. The SMILES string of the molecule is C[C@H](NC(=S)N[C@@H]1CCCC[C@@H]1NC(=O)OC(C)(C)C)c1ccccc1. The van der Waals surface area contributed by atoms with Crippen LogP contribution < -0.4 is 16.0 Å². The van der Waals surface area contributed by atoms with Gasteiger partial charge in [-0.25, -0.2) is 4.79 Å². The van der Waals surface area contributed by atoms with Crippen LogP contribution in [0.25, 0.3) is 0 Å². The second-order valence-corrected chi connectivity index (χ2v) is 8.30. The number of ether oxygens (including phenoxy) is 1. The second-order valence-electron chi connectivity index (χ2n) is 7.89. The minimum Gasteiger partial charge on any atom is -0.444 e. The molecule has 0 aliphatic heterocycles. The zero-order chi connectivity index (χ0) is 19.2. The first-order valence-corrected chi connectivity index (χ1v) is 9.77. The van der Waals surface area contributed by atoms with Gasteiger partial charge in [0.1, 0.15) is 5.60 Å². The topological polar surface area (TPSA) is 62.4 Å². The molecule has 1 fully saturated rings. The van der Waals surface area contributed by atoms with Crippen LogP contribution in [0.5, 0.6) is 0 Å². The fourth-order valence-electron chi connectivity index (χ4n) is 3.17. The number of carbonyl (C=O) groups excluding carboxylic acids is 1. The standard InChI is InChI=1S/C20H31N3O2S/c1-14(15-10-6-5-7-11-15)21-18(26)22-16-12-8-9-13-17(16)23-19(24)25-20(2,3)4/h5-7,10-11,14,16-17H,8-9,12-13H2,1-4H3,(H,23,24)(H2,21,22,26)/t14-,16+,17-/m0/s1. The van der Waals surface area contributed by atoms with Crippen LogP contribution in [-0.4, -0.2) is 28.9 Å². The summed E-state index contributed by atoms with van der Waals surface area (Å²) in [6.45, 7) is 7.69. The normalized spacial score (nSPS) is 21.4. The molecule has 2 rings (SSSR count). The average molecular weight is 378 g/mol. The zero-order valence-corrected chi connectivity index (χ0v) is 17.0. The predicted molar refractivity (Wildman–Crippen MR) is 109 cm³/mol. The van der Waals surface area contributed by atoms with Gasteiger partial charge in [0, 0.05) is 6.04 Å². The molecular formula is C20H31N3O2S. The lowest BCUT2D eigenvalue weighted by Gasteiger charge is -2.34. The van der Waals surface area contributed by atoms with Gasteiger partial charge >= 0.3 is 6.09 Å². The highest BCUT2D eigenvalue weighted by Gasteiger charge is 2.29. The molecule has 0 spiro atoms. The van der Waals surface area contributed by atoms with Gasteiger partial charge in [-0.3, -0.25) is 0 Å². The van der Waals surface area contributed by atoms with E-state index in [0.29, 0.717) is 5.11 Å². The van der Waals surface area contributed by atoms with E-state index in [1.54, 1.807) is 0 Å². The van der Waals surface area contributed by atoms with Crippen molar-refractivity contribution in [1.82, 2.24) is 16.0 Å². The van der Waals surface area contributed by atoms with Crippen LogP contribution in [0.15, 0.2) is 30.3 Å². The molecule has 1 aliphatic rings. The molecule has 0 aromatic heterocycles. The molecule has 5 nitrogen and oxygen atoms in total. The molecule has 144 valence electrons. The van der Waals surface area contributed by atoms with E-state index in [1.165, 1.54) is 5.56 Å². The highest BCUT2D eigenvalue weighted by molar-refractivity contribution is 7.80. The van der Waals surface area contributed by atoms with Crippen molar-refractivity contribution in [3.63, 3.8) is 0 Å². The summed E-state index contributed by atoms with van der Waals surface area (Å²) in [6.07, 6.45) is 3.75. The van der Waals surface area contributed by atoms with E-state index in [9.17, 15) is 4.79 Å². The van der Waals surface area contributed by atoms with Crippen molar-refractivity contribution in [2.24, 2.45) is 0 Å². The molecule has 26 heavy (non-hydrogen) atoms. The number of nitrogens with one attached hydrogen (secondary N) is 3. The van der Waals surface area contributed by atoms with Crippen molar-refractivity contribution in [2.45, 2.75) is 77.1 Å². The van der Waals surface area contributed by atoms with Gasteiger partial charge in [0.15, 0.2) is 5.11 Å². The molecule has 0 radical (unpaired) electrons. The molecule has 6 heteroatoms. The van der Waals surface area contributed by atoms with Gasteiger partial charge in [0.25, 0.3) is 0 Å². The van der Waals surface area contributed by atoms with E-state index in [-0.39, 0.29) is 24.2 Å². The Labute approximate surface area is 162 Å². The number of hydrogen-bond acceptors (Lipinski definition) is 3. The maximum absolute atomic E-state index is 12.1. The number of hydrogen-bond donors (Lipinski definition) is 3. The molecule has 0 saturated heterocycles. The van der Waals surface area contributed by atoms with Crippen LogP contribution in [0, 0.1) is 0 Å². The summed E-state index contributed by atoms with van der Waals surface area (Å²) in [7, 11) is 0. The quantitative estimate of drug-likeness (QED) is 0.691. The summed E-state index contributed by atoms with van der Waals surface area (Å²) in [5.74, 6) is 0. The van der Waals surface area contributed by atoms with Crippen LogP contribution in [0.1, 0.15) is 65.0 Å². The third kappa shape index (κ3) is 6.83. The number of alkyl carbamates (subject to hydrolysis) is 1. The first kappa shape index (κ1) is 20.5. The summed E-state index contributed by atoms with van der Waals surface area (Å²) in [5, 5.41) is 10.3. The fourth-order valence-corrected chi connectivity index (χ4v) is 3.50. The summed E-state index contributed by atoms with van der Waals surface area (Å²) in [5.41, 5.74) is 0.688. The number of rotatable bonds is 4. The second kappa shape index (κ2) is 9.21. The molecule has 1 amide bonds. The Kier molecular flexibility index (Phi) is 7.26. The van der Waals surface area contributed by atoms with Crippen LogP contribution in [0.4, 0.5) is 4.79 Å². The van der Waals surface area contributed by atoms with E-state index >= 15 is 0 Å². The average Bonchev–Trinajstić information content (AvgIpc) is 2.55. The Bertz CT molecular complexity index is 601. The minimum atomic E-state index is -0.496. The Morgan fingerprint density at radius 3 is 2.27 bits per heavy atom. The van der Waals surface area contributed by atoms with Crippen LogP contribution in [-0.2, 0) is 4.74 Å². The Balaban J connectivity index is 1.88. The predicted octanol–water partition coefficient (Wildman–Crippen LogP) is 4.05. The van der Waals surface area contributed by atoms with Gasteiger partial charge in [-0.15, -0.1) is 0 Å². The van der Waals surface area contributed by atoms with Crippen molar-refractivity contribution in [3.8, 4) is 0 Å². The van der Waals surface area contributed by atoms with Crippen LogP contribution >= 0.6 is 12.2 Å². The van der Waals surface area contributed by atoms with Gasteiger partial charge < -0.3 is 20.7 Å². The van der Waals surface area contributed by atoms with Gasteiger partial charge in [0.05, 0.1) is 12.1 Å². The summed E-state index contributed by atoms with van der Waals surface area (Å²) in [6, 6.07) is 10.4. The lowest BCUT2D eigenvalue weighted by atomic mass is 9.90. The van der Waals surface area contributed by atoms with Gasteiger partial charge in [-0.1, -0.05) is 43.2 Å². The Morgan fingerprint density at radius 2 is 1.69 bits per heavy atom. The third-order valence-electron chi connectivity index (χ3n) is 4.43. The van der Waals surface area contributed by atoms with Crippen LogP contribution in [0.3, 0.4) is 0 Å². The molecule has 3 atom stereocenters. The third-order valence-corrected chi connectivity index (χ3v) is 4.67. The van der Waals surface area contributed by atoms with E-state index in [4.69, 9.17) is 17.0 Å². The monoisotopic (exact) mass is 377 g/mol. The highest BCUT2D eigenvalue weighted by atomic mass is 32.1. The van der Waals surface area contributed by atoms with Gasteiger partial charge in [0.2, 0.25) is 0 Å².